The smallest absolute Gasteiger partial charge is 0.140 e. The molecule has 20 heavy (non-hydrogen) atoms. The van der Waals surface area contributed by atoms with Gasteiger partial charge in [-0.05, 0) is 42.8 Å². The molecule has 2 rings (SSSR count). The summed E-state index contributed by atoms with van der Waals surface area (Å²) in [6.45, 7) is 1.92. The highest BCUT2D eigenvalue weighted by Gasteiger charge is 2.19. The minimum Gasteiger partial charge on any atom is -0.483 e. The van der Waals surface area contributed by atoms with Crippen LogP contribution in [-0.4, -0.2) is 6.04 Å². The third kappa shape index (κ3) is 3.98. The van der Waals surface area contributed by atoms with Crippen LogP contribution in [0.2, 0.25) is 5.02 Å². The summed E-state index contributed by atoms with van der Waals surface area (Å²) in [6.07, 6.45) is -0.255. The first-order chi connectivity index (χ1) is 9.47. The Hall–Kier alpha value is -0.550. The Morgan fingerprint density at radius 2 is 1.65 bits per heavy atom. The van der Waals surface area contributed by atoms with E-state index in [1.54, 1.807) is 6.07 Å². The van der Waals surface area contributed by atoms with Gasteiger partial charge in [0.15, 0.2) is 0 Å². The van der Waals surface area contributed by atoms with Crippen LogP contribution in [0.3, 0.4) is 0 Å². The van der Waals surface area contributed by atoms with Crippen molar-refractivity contribution in [2.45, 2.75) is 19.1 Å². The molecule has 2 aromatic rings. The minimum absolute atomic E-state index is 0.161. The quantitative estimate of drug-likeness (QED) is 0.727. The molecule has 2 aromatic carbocycles. The molecule has 0 fully saturated rings. The Bertz CT molecular complexity index is 587. The number of ether oxygens (including phenoxy) is 1. The number of nitrogens with two attached hydrogens (primary N) is 1. The topological polar surface area (TPSA) is 35.2 Å². The summed E-state index contributed by atoms with van der Waals surface area (Å²) >= 11 is 13.0. The Kier molecular flexibility index (Phi) is 5.49. The SMILES string of the molecule is CC(N)C(Oc1cc(Br)ccc1Cl)c1ccc(Br)cc1. The van der Waals surface area contributed by atoms with E-state index in [0.717, 1.165) is 14.5 Å². The van der Waals surface area contributed by atoms with Gasteiger partial charge in [0.05, 0.1) is 5.02 Å². The molecule has 0 radical (unpaired) electrons. The second kappa shape index (κ2) is 6.94. The lowest BCUT2D eigenvalue weighted by Gasteiger charge is -2.23. The van der Waals surface area contributed by atoms with Gasteiger partial charge in [0, 0.05) is 15.0 Å². The van der Waals surface area contributed by atoms with Gasteiger partial charge in [0.25, 0.3) is 0 Å². The van der Waals surface area contributed by atoms with Crippen molar-refractivity contribution in [2.24, 2.45) is 5.73 Å². The highest BCUT2D eigenvalue weighted by molar-refractivity contribution is 9.10. The van der Waals surface area contributed by atoms with Crippen LogP contribution in [0.15, 0.2) is 51.4 Å². The maximum atomic E-state index is 6.16. The van der Waals surface area contributed by atoms with Gasteiger partial charge < -0.3 is 10.5 Å². The van der Waals surface area contributed by atoms with Crippen molar-refractivity contribution in [3.05, 3.63) is 62.0 Å². The molecule has 0 saturated heterocycles. The van der Waals surface area contributed by atoms with E-state index in [2.05, 4.69) is 31.9 Å². The van der Waals surface area contributed by atoms with Gasteiger partial charge >= 0.3 is 0 Å². The second-order valence-corrected chi connectivity index (χ2v) is 6.76. The van der Waals surface area contributed by atoms with Crippen LogP contribution in [0.5, 0.6) is 5.75 Å². The molecule has 106 valence electrons. The number of hydrogen-bond donors (Lipinski definition) is 1. The monoisotopic (exact) mass is 417 g/mol. The molecule has 0 aliphatic heterocycles. The fraction of sp³-hybridized carbons (Fsp3) is 0.200. The van der Waals surface area contributed by atoms with E-state index in [1.807, 2.05) is 43.3 Å². The average Bonchev–Trinajstić information content (AvgIpc) is 2.40. The maximum absolute atomic E-state index is 6.16. The van der Waals surface area contributed by atoms with Crippen molar-refractivity contribution in [1.82, 2.24) is 0 Å². The third-order valence-corrected chi connectivity index (χ3v) is 4.16. The fourth-order valence-corrected chi connectivity index (χ4v) is 2.60. The predicted molar refractivity (Wildman–Crippen MR) is 90.3 cm³/mol. The molecule has 0 aliphatic carbocycles. The number of benzene rings is 2. The van der Waals surface area contributed by atoms with Gasteiger partial charge in [-0.15, -0.1) is 0 Å². The largest absolute Gasteiger partial charge is 0.483 e. The molecular weight excluding hydrogens is 405 g/mol. The highest BCUT2D eigenvalue weighted by Crippen LogP contribution is 2.33. The molecule has 0 bridgehead atoms. The van der Waals surface area contributed by atoms with Gasteiger partial charge in [-0.1, -0.05) is 55.6 Å². The van der Waals surface area contributed by atoms with Crippen LogP contribution < -0.4 is 10.5 Å². The molecule has 2 unspecified atom stereocenters. The Labute approximate surface area is 140 Å². The lowest BCUT2D eigenvalue weighted by molar-refractivity contribution is 0.180. The number of rotatable bonds is 4. The van der Waals surface area contributed by atoms with Gasteiger partial charge in [-0.2, -0.15) is 0 Å². The molecule has 0 saturated carbocycles. The minimum atomic E-state index is -0.255. The molecule has 0 spiro atoms. The number of hydrogen-bond acceptors (Lipinski definition) is 2. The molecule has 0 aliphatic rings. The zero-order valence-electron chi connectivity index (χ0n) is 10.8. The van der Waals surface area contributed by atoms with Gasteiger partial charge in [0.2, 0.25) is 0 Å². The van der Waals surface area contributed by atoms with E-state index in [0.29, 0.717) is 10.8 Å². The average molecular weight is 420 g/mol. The third-order valence-electron chi connectivity index (χ3n) is 2.82. The summed E-state index contributed by atoms with van der Waals surface area (Å²) in [7, 11) is 0. The van der Waals surface area contributed by atoms with Crippen LogP contribution in [0.25, 0.3) is 0 Å². The Morgan fingerprint density at radius 3 is 2.25 bits per heavy atom. The van der Waals surface area contributed by atoms with Crippen LogP contribution in [0, 0.1) is 0 Å². The van der Waals surface area contributed by atoms with Crippen molar-refractivity contribution in [3.8, 4) is 5.75 Å². The lowest BCUT2D eigenvalue weighted by atomic mass is 10.0. The zero-order valence-corrected chi connectivity index (χ0v) is 14.7. The molecule has 2 nitrogen and oxygen atoms in total. The first-order valence-corrected chi connectivity index (χ1v) is 8.06. The fourth-order valence-electron chi connectivity index (χ4n) is 1.84. The van der Waals surface area contributed by atoms with Crippen molar-refractivity contribution in [1.29, 1.82) is 0 Å². The Morgan fingerprint density at radius 1 is 1.05 bits per heavy atom. The first-order valence-electron chi connectivity index (χ1n) is 6.10. The highest BCUT2D eigenvalue weighted by atomic mass is 79.9. The van der Waals surface area contributed by atoms with Crippen molar-refractivity contribution in [3.63, 3.8) is 0 Å². The van der Waals surface area contributed by atoms with Gasteiger partial charge in [-0.25, -0.2) is 0 Å². The first kappa shape index (κ1) is 15.8. The van der Waals surface area contributed by atoms with E-state index in [1.165, 1.54) is 0 Å². The standard InChI is InChI=1S/C15H14Br2ClNO/c1-9(19)15(10-2-4-11(16)5-3-10)20-14-8-12(17)6-7-13(14)18/h2-9,15H,19H2,1H3. The summed E-state index contributed by atoms with van der Waals surface area (Å²) in [6, 6.07) is 13.3. The summed E-state index contributed by atoms with van der Waals surface area (Å²) in [5.41, 5.74) is 7.06. The normalized spacial score (nSPS) is 13.8. The van der Waals surface area contributed by atoms with Crippen molar-refractivity contribution < 1.29 is 4.74 Å². The van der Waals surface area contributed by atoms with E-state index < -0.39 is 0 Å². The molecular formula is C15H14Br2ClNO. The van der Waals surface area contributed by atoms with Crippen LogP contribution in [0.1, 0.15) is 18.6 Å². The van der Waals surface area contributed by atoms with E-state index in [-0.39, 0.29) is 12.1 Å². The summed E-state index contributed by atoms with van der Waals surface area (Å²) in [4.78, 5) is 0. The summed E-state index contributed by atoms with van der Waals surface area (Å²) < 4.78 is 7.94. The van der Waals surface area contributed by atoms with Gasteiger partial charge in [0.1, 0.15) is 11.9 Å². The zero-order chi connectivity index (χ0) is 14.7. The molecule has 2 atom stereocenters. The molecule has 5 heteroatoms. The molecule has 2 N–H and O–H groups in total. The van der Waals surface area contributed by atoms with Crippen LogP contribution in [-0.2, 0) is 0 Å². The van der Waals surface area contributed by atoms with Crippen LogP contribution >= 0.6 is 43.5 Å². The predicted octanol–water partition coefficient (Wildman–Crippen LogP) is 5.33. The van der Waals surface area contributed by atoms with Crippen molar-refractivity contribution >= 4 is 43.5 Å². The molecule has 0 amide bonds. The molecule has 0 aromatic heterocycles. The summed E-state index contributed by atoms with van der Waals surface area (Å²) in [5, 5.41) is 0.566. The van der Waals surface area contributed by atoms with E-state index in [4.69, 9.17) is 22.1 Å². The molecule has 0 heterocycles. The number of halogens is 3. The van der Waals surface area contributed by atoms with E-state index in [9.17, 15) is 0 Å². The van der Waals surface area contributed by atoms with Crippen molar-refractivity contribution in [2.75, 3.05) is 0 Å². The maximum Gasteiger partial charge on any atom is 0.140 e. The van der Waals surface area contributed by atoms with Crippen LogP contribution in [0.4, 0.5) is 0 Å². The summed E-state index contributed by atoms with van der Waals surface area (Å²) in [5.74, 6) is 0.617. The van der Waals surface area contributed by atoms with E-state index >= 15 is 0 Å². The lowest BCUT2D eigenvalue weighted by Crippen LogP contribution is -2.29. The van der Waals surface area contributed by atoms with Gasteiger partial charge in [-0.3, -0.25) is 0 Å². The Balaban J connectivity index is 2.30. The second-order valence-electron chi connectivity index (χ2n) is 4.52.